The molecule has 1 aromatic carbocycles. The van der Waals surface area contributed by atoms with Crippen LogP contribution in [0.2, 0.25) is 5.02 Å². The first-order valence-corrected chi connectivity index (χ1v) is 7.64. The van der Waals surface area contributed by atoms with Crippen LogP contribution in [-0.4, -0.2) is 30.6 Å². The van der Waals surface area contributed by atoms with E-state index in [1.54, 1.807) is 19.1 Å². The Morgan fingerprint density at radius 2 is 1.91 bits per heavy atom. The minimum Gasteiger partial charge on any atom is -0.481 e. The maximum absolute atomic E-state index is 11.8. The summed E-state index contributed by atoms with van der Waals surface area (Å²) in [6.45, 7) is 5.01. The molecule has 0 bridgehead atoms. The lowest BCUT2D eigenvalue weighted by molar-refractivity contribution is -0.156. The number of rotatable bonds is 6. The van der Waals surface area contributed by atoms with Crippen molar-refractivity contribution in [1.29, 1.82) is 0 Å². The highest BCUT2D eigenvalue weighted by Gasteiger charge is 2.27. The van der Waals surface area contributed by atoms with E-state index in [1.807, 2.05) is 13.8 Å². The summed E-state index contributed by atoms with van der Waals surface area (Å²) in [7, 11) is 0. The Kier molecular flexibility index (Phi) is 5.29. The molecule has 1 aromatic rings. The highest BCUT2D eigenvalue weighted by Crippen LogP contribution is 2.27. The Hall–Kier alpha value is -1.75. The van der Waals surface area contributed by atoms with Crippen molar-refractivity contribution in [3.05, 3.63) is 28.3 Å². The Labute approximate surface area is 134 Å². The number of carbonyl (C=O) groups is 2. The predicted octanol–water partition coefficient (Wildman–Crippen LogP) is 2.55. The molecule has 0 aromatic heterocycles. The molecule has 0 unspecified atom stereocenters. The summed E-state index contributed by atoms with van der Waals surface area (Å²) in [5, 5.41) is 3.41. The van der Waals surface area contributed by atoms with Crippen LogP contribution in [0.5, 0.6) is 5.75 Å². The number of carbonyl (C=O) groups excluding carboxylic acids is 2. The molecule has 1 saturated carbocycles. The van der Waals surface area contributed by atoms with Crippen LogP contribution in [0, 0.1) is 13.8 Å². The fourth-order valence-corrected chi connectivity index (χ4v) is 2.41. The second-order valence-corrected chi connectivity index (χ2v) is 6.01. The fraction of sp³-hybridized carbons (Fsp3) is 0.500. The molecule has 0 aliphatic heterocycles. The third-order valence-corrected chi connectivity index (χ3v) is 3.58. The smallest absolute Gasteiger partial charge is 0.344 e. The molecule has 1 aliphatic carbocycles. The Morgan fingerprint density at radius 3 is 2.45 bits per heavy atom. The van der Waals surface area contributed by atoms with Crippen molar-refractivity contribution in [3.63, 3.8) is 0 Å². The van der Waals surface area contributed by atoms with Gasteiger partial charge in [0, 0.05) is 11.1 Å². The molecule has 0 saturated heterocycles. The molecule has 1 fully saturated rings. The molecule has 0 spiro atoms. The van der Waals surface area contributed by atoms with E-state index in [9.17, 15) is 9.59 Å². The van der Waals surface area contributed by atoms with Crippen LogP contribution in [0.25, 0.3) is 0 Å². The van der Waals surface area contributed by atoms with Gasteiger partial charge in [-0.05, 0) is 56.9 Å². The second kappa shape index (κ2) is 7.01. The molecule has 0 heterocycles. The van der Waals surface area contributed by atoms with Crippen LogP contribution in [-0.2, 0) is 14.3 Å². The van der Waals surface area contributed by atoms with Crippen molar-refractivity contribution in [2.75, 3.05) is 6.61 Å². The van der Waals surface area contributed by atoms with Gasteiger partial charge in [-0.2, -0.15) is 0 Å². The number of hydrogen-bond acceptors (Lipinski definition) is 4. The fourth-order valence-electron chi connectivity index (χ4n) is 2.09. The first-order chi connectivity index (χ1) is 10.4. The molecule has 6 heteroatoms. The molecule has 1 atom stereocenters. The molecule has 1 N–H and O–H groups in total. The molecule has 1 aliphatic rings. The van der Waals surface area contributed by atoms with E-state index < -0.39 is 12.1 Å². The van der Waals surface area contributed by atoms with Gasteiger partial charge in [-0.15, -0.1) is 0 Å². The third kappa shape index (κ3) is 4.63. The monoisotopic (exact) mass is 325 g/mol. The summed E-state index contributed by atoms with van der Waals surface area (Å²) < 4.78 is 10.6. The van der Waals surface area contributed by atoms with Crippen molar-refractivity contribution in [2.45, 2.75) is 45.8 Å². The summed E-state index contributed by atoms with van der Waals surface area (Å²) in [6.07, 6.45) is 1.17. The first kappa shape index (κ1) is 16.6. The van der Waals surface area contributed by atoms with Crippen molar-refractivity contribution < 1.29 is 19.1 Å². The lowest BCUT2D eigenvalue weighted by atomic mass is 10.1. The SMILES string of the molecule is Cc1cc(Cl)cc(C)c1OCC(=O)O[C@@H](C)C(=O)NC1CC1. The Balaban J connectivity index is 1.83. The van der Waals surface area contributed by atoms with E-state index in [4.69, 9.17) is 21.1 Å². The molecule has 1 amide bonds. The van der Waals surface area contributed by atoms with Gasteiger partial charge in [0.1, 0.15) is 5.75 Å². The van der Waals surface area contributed by atoms with Gasteiger partial charge in [-0.3, -0.25) is 4.79 Å². The highest BCUT2D eigenvalue weighted by molar-refractivity contribution is 6.30. The van der Waals surface area contributed by atoms with Crippen molar-refractivity contribution >= 4 is 23.5 Å². The lowest BCUT2D eigenvalue weighted by Gasteiger charge is -2.15. The summed E-state index contributed by atoms with van der Waals surface area (Å²) >= 11 is 5.94. The van der Waals surface area contributed by atoms with Gasteiger partial charge < -0.3 is 14.8 Å². The van der Waals surface area contributed by atoms with E-state index in [0.29, 0.717) is 10.8 Å². The minimum absolute atomic E-state index is 0.240. The number of ether oxygens (including phenoxy) is 2. The van der Waals surface area contributed by atoms with Gasteiger partial charge in [0.15, 0.2) is 12.7 Å². The van der Waals surface area contributed by atoms with Crippen LogP contribution in [0.1, 0.15) is 30.9 Å². The van der Waals surface area contributed by atoms with Crippen molar-refractivity contribution in [3.8, 4) is 5.75 Å². The quantitative estimate of drug-likeness (QED) is 0.816. The van der Waals surface area contributed by atoms with Gasteiger partial charge >= 0.3 is 5.97 Å². The van der Waals surface area contributed by atoms with Gasteiger partial charge in [-0.1, -0.05) is 11.6 Å². The number of esters is 1. The zero-order chi connectivity index (χ0) is 16.3. The average molecular weight is 326 g/mol. The van der Waals surface area contributed by atoms with Crippen LogP contribution in [0.15, 0.2) is 12.1 Å². The first-order valence-electron chi connectivity index (χ1n) is 7.26. The number of benzene rings is 1. The Morgan fingerprint density at radius 1 is 1.32 bits per heavy atom. The van der Waals surface area contributed by atoms with E-state index >= 15 is 0 Å². The zero-order valence-electron chi connectivity index (χ0n) is 12.9. The number of halogens is 1. The standard InChI is InChI=1S/C16H20ClNO4/c1-9-6-12(17)7-10(2)15(9)21-8-14(19)22-11(3)16(20)18-13-4-5-13/h6-7,11,13H,4-5,8H2,1-3H3,(H,18,20)/t11-/m0/s1. The molecular formula is C16H20ClNO4. The predicted molar refractivity (Wildman–Crippen MR) is 83.1 cm³/mol. The summed E-state index contributed by atoms with van der Waals surface area (Å²) in [5.74, 6) is -0.238. The summed E-state index contributed by atoms with van der Waals surface area (Å²) in [6, 6.07) is 3.77. The van der Waals surface area contributed by atoms with Crippen molar-refractivity contribution in [2.24, 2.45) is 0 Å². The van der Waals surface area contributed by atoms with Crippen molar-refractivity contribution in [1.82, 2.24) is 5.32 Å². The number of nitrogens with one attached hydrogen (secondary N) is 1. The second-order valence-electron chi connectivity index (χ2n) is 5.57. The van der Waals surface area contributed by atoms with E-state index in [1.165, 1.54) is 0 Å². The highest BCUT2D eigenvalue weighted by atomic mass is 35.5. The number of aryl methyl sites for hydroxylation is 2. The summed E-state index contributed by atoms with van der Waals surface area (Å²) in [4.78, 5) is 23.5. The maximum Gasteiger partial charge on any atom is 0.344 e. The third-order valence-electron chi connectivity index (χ3n) is 3.36. The van der Waals surface area contributed by atoms with E-state index in [0.717, 1.165) is 24.0 Å². The molecule has 22 heavy (non-hydrogen) atoms. The molecule has 0 radical (unpaired) electrons. The largest absolute Gasteiger partial charge is 0.481 e. The van der Waals surface area contributed by atoms with Gasteiger partial charge in [0.2, 0.25) is 0 Å². The van der Waals surface area contributed by atoms with E-state index in [-0.39, 0.29) is 18.6 Å². The Bertz CT molecular complexity index is 561. The van der Waals surface area contributed by atoms with Crippen LogP contribution in [0.3, 0.4) is 0 Å². The maximum atomic E-state index is 11.8. The van der Waals surface area contributed by atoms with E-state index in [2.05, 4.69) is 5.32 Å². The minimum atomic E-state index is -0.816. The van der Waals surface area contributed by atoms with Gasteiger partial charge in [0.05, 0.1) is 0 Å². The van der Waals surface area contributed by atoms with Crippen LogP contribution < -0.4 is 10.1 Å². The molecule has 120 valence electrons. The molecule has 5 nitrogen and oxygen atoms in total. The summed E-state index contributed by atoms with van der Waals surface area (Å²) in [5.41, 5.74) is 1.69. The average Bonchev–Trinajstić information content (AvgIpc) is 3.21. The topological polar surface area (TPSA) is 64.6 Å². The lowest BCUT2D eigenvalue weighted by Crippen LogP contribution is -2.37. The van der Waals surface area contributed by atoms with Gasteiger partial charge in [0.25, 0.3) is 5.91 Å². The van der Waals surface area contributed by atoms with Gasteiger partial charge in [-0.25, -0.2) is 4.79 Å². The molecule has 2 rings (SSSR count). The normalized spacial score (nSPS) is 15.1. The molecular weight excluding hydrogens is 306 g/mol. The number of hydrogen-bond donors (Lipinski definition) is 1. The number of amides is 1. The van der Waals surface area contributed by atoms with Crippen LogP contribution in [0.4, 0.5) is 0 Å². The zero-order valence-corrected chi connectivity index (χ0v) is 13.7. The van der Waals surface area contributed by atoms with Crippen LogP contribution >= 0.6 is 11.6 Å².